The number of aryl methyl sites for hydroxylation is 2. The number of rotatable bonds is 1. The lowest BCUT2D eigenvalue weighted by Crippen LogP contribution is -2.44. The summed E-state index contributed by atoms with van der Waals surface area (Å²) < 4.78 is 0. The molecule has 2 aliphatic carbocycles. The third kappa shape index (κ3) is 2.65. The Morgan fingerprint density at radius 3 is 2.71 bits per heavy atom. The molecule has 21 heavy (non-hydrogen) atoms. The maximum absolute atomic E-state index is 12.8. The Hall–Kier alpha value is -0.830. The van der Waals surface area contributed by atoms with Crippen LogP contribution >= 0.6 is 11.3 Å². The number of hydrogen-bond acceptors (Lipinski definition) is 2. The van der Waals surface area contributed by atoms with Crippen LogP contribution in [0.15, 0.2) is 6.07 Å². The predicted octanol–water partition coefficient (Wildman–Crippen LogP) is 4.28. The number of fused-ring (bicyclic) bond motifs is 2. The lowest BCUT2D eigenvalue weighted by atomic mass is 9.75. The zero-order valence-electron chi connectivity index (χ0n) is 12.8. The van der Waals surface area contributed by atoms with E-state index in [1.165, 1.54) is 68.2 Å². The third-order valence-corrected chi connectivity index (χ3v) is 7.01. The fourth-order valence-corrected chi connectivity index (χ4v) is 5.76. The molecular weight excluding hydrogens is 278 g/mol. The van der Waals surface area contributed by atoms with Crippen molar-refractivity contribution in [2.24, 2.45) is 11.8 Å². The van der Waals surface area contributed by atoms with E-state index in [-0.39, 0.29) is 0 Å². The summed E-state index contributed by atoms with van der Waals surface area (Å²) in [5, 5.41) is 0. The van der Waals surface area contributed by atoms with Gasteiger partial charge in [0, 0.05) is 18.0 Å². The van der Waals surface area contributed by atoms with Crippen molar-refractivity contribution in [3.05, 3.63) is 21.4 Å². The molecule has 1 aliphatic heterocycles. The summed E-state index contributed by atoms with van der Waals surface area (Å²) in [6, 6.07) is 2.20. The molecule has 0 unspecified atom stereocenters. The normalized spacial score (nSPS) is 28.9. The summed E-state index contributed by atoms with van der Waals surface area (Å²) in [5.74, 6) is 2.00. The van der Waals surface area contributed by atoms with Crippen LogP contribution in [0.4, 0.5) is 0 Å². The van der Waals surface area contributed by atoms with Crippen molar-refractivity contribution >= 4 is 17.2 Å². The van der Waals surface area contributed by atoms with Crippen LogP contribution in [-0.2, 0) is 12.8 Å². The number of carbonyl (C=O) groups is 1. The van der Waals surface area contributed by atoms with Gasteiger partial charge in [-0.15, -0.1) is 11.3 Å². The summed E-state index contributed by atoms with van der Waals surface area (Å²) in [6.07, 6.45) is 11.7. The van der Waals surface area contributed by atoms with Gasteiger partial charge < -0.3 is 4.90 Å². The lowest BCUT2D eigenvalue weighted by molar-refractivity contribution is 0.0525. The van der Waals surface area contributed by atoms with Crippen LogP contribution in [0.3, 0.4) is 0 Å². The number of likely N-dealkylation sites (tertiary alicyclic amines) is 1. The molecule has 114 valence electrons. The van der Waals surface area contributed by atoms with Crippen molar-refractivity contribution in [1.29, 1.82) is 0 Å². The smallest absolute Gasteiger partial charge is 0.263 e. The van der Waals surface area contributed by atoms with Crippen LogP contribution in [0.2, 0.25) is 0 Å². The average molecular weight is 303 g/mol. The number of amides is 1. The molecule has 3 heteroatoms. The van der Waals surface area contributed by atoms with Crippen LogP contribution < -0.4 is 0 Å². The second kappa shape index (κ2) is 5.75. The van der Waals surface area contributed by atoms with Gasteiger partial charge in [0.1, 0.15) is 0 Å². The Morgan fingerprint density at radius 2 is 1.86 bits per heavy atom. The fourth-order valence-electron chi connectivity index (χ4n) is 4.54. The minimum Gasteiger partial charge on any atom is -0.338 e. The van der Waals surface area contributed by atoms with Gasteiger partial charge in [-0.2, -0.15) is 0 Å². The van der Waals surface area contributed by atoms with Gasteiger partial charge in [0.05, 0.1) is 4.88 Å². The molecule has 0 N–H and O–H groups in total. The number of piperidine rings is 1. The Labute approximate surface area is 131 Å². The Morgan fingerprint density at radius 1 is 1.05 bits per heavy atom. The largest absolute Gasteiger partial charge is 0.338 e. The van der Waals surface area contributed by atoms with Gasteiger partial charge in [0.2, 0.25) is 0 Å². The number of hydrogen-bond donors (Lipinski definition) is 0. The Balaban J connectivity index is 1.48. The highest BCUT2D eigenvalue weighted by atomic mass is 32.1. The summed E-state index contributed by atoms with van der Waals surface area (Å²) in [4.78, 5) is 17.5. The van der Waals surface area contributed by atoms with Crippen LogP contribution in [0.1, 0.15) is 65.1 Å². The first-order valence-electron chi connectivity index (χ1n) is 8.72. The maximum Gasteiger partial charge on any atom is 0.263 e. The highest BCUT2D eigenvalue weighted by Crippen LogP contribution is 2.37. The molecule has 1 saturated carbocycles. The quantitative estimate of drug-likeness (QED) is 0.758. The van der Waals surface area contributed by atoms with Crippen molar-refractivity contribution in [2.45, 2.75) is 57.8 Å². The number of carbonyl (C=O) groups excluding carboxylic acids is 1. The monoisotopic (exact) mass is 303 g/mol. The van der Waals surface area contributed by atoms with Crippen molar-refractivity contribution in [2.75, 3.05) is 13.1 Å². The molecule has 0 aromatic carbocycles. The standard InChI is InChI=1S/C18H25NOS/c20-18(17-11-14-6-3-4-8-16(14)21-17)19-10-9-13-5-1-2-7-15(13)12-19/h11,13,15H,1-10,12H2/t13-,15+/m1/s1. The van der Waals surface area contributed by atoms with Gasteiger partial charge >= 0.3 is 0 Å². The van der Waals surface area contributed by atoms with Crippen LogP contribution in [0.5, 0.6) is 0 Å². The number of nitrogens with zero attached hydrogens (tertiary/aromatic N) is 1. The van der Waals surface area contributed by atoms with E-state index < -0.39 is 0 Å². The Bertz CT molecular complexity index is 512. The molecule has 3 aliphatic rings. The van der Waals surface area contributed by atoms with E-state index in [4.69, 9.17) is 0 Å². The molecule has 1 aromatic rings. The summed E-state index contributed by atoms with van der Waals surface area (Å²) in [5.41, 5.74) is 1.46. The minimum atomic E-state index is 0.318. The van der Waals surface area contributed by atoms with Gasteiger partial charge in [0.25, 0.3) is 5.91 Å². The van der Waals surface area contributed by atoms with Crippen molar-refractivity contribution in [1.82, 2.24) is 4.90 Å². The van der Waals surface area contributed by atoms with Gasteiger partial charge in [-0.05, 0) is 62.0 Å². The van der Waals surface area contributed by atoms with E-state index in [1.807, 2.05) is 0 Å². The molecule has 1 amide bonds. The number of thiophene rings is 1. The van der Waals surface area contributed by atoms with E-state index in [0.29, 0.717) is 5.91 Å². The predicted molar refractivity (Wildman–Crippen MR) is 86.9 cm³/mol. The van der Waals surface area contributed by atoms with Crippen LogP contribution in [-0.4, -0.2) is 23.9 Å². The highest BCUT2D eigenvalue weighted by Gasteiger charge is 2.33. The van der Waals surface area contributed by atoms with E-state index in [1.54, 1.807) is 11.3 Å². The fraction of sp³-hybridized carbons (Fsp3) is 0.722. The molecule has 0 bridgehead atoms. The second-order valence-electron chi connectivity index (χ2n) is 7.11. The molecule has 2 atom stereocenters. The SMILES string of the molecule is O=C(c1cc2c(s1)CCCC2)N1CC[C@H]2CCCC[C@H]2C1. The summed E-state index contributed by atoms with van der Waals surface area (Å²) in [6.45, 7) is 2.01. The maximum atomic E-state index is 12.8. The first kappa shape index (κ1) is 13.8. The first-order valence-corrected chi connectivity index (χ1v) is 9.54. The van der Waals surface area contributed by atoms with E-state index in [2.05, 4.69) is 11.0 Å². The molecule has 4 rings (SSSR count). The molecule has 1 saturated heterocycles. The molecule has 0 radical (unpaired) electrons. The molecular formula is C18H25NOS. The van der Waals surface area contributed by atoms with Crippen LogP contribution in [0, 0.1) is 11.8 Å². The summed E-state index contributed by atoms with van der Waals surface area (Å²) >= 11 is 1.78. The van der Waals surface area contributed by atoms with Crippen molar-refractivity contribution in [3.63, 3.8) is 0 Å². The lowest BCUT2D eigenvalue weighted by Gasteiger charge is -2.41. The molecule has 2 heterocycles. The van der Waals surface area contributed by atoms with E-state index in [0.717, 1.165) is 29.8 Å². The Kier molecular flexibility index (Phi) is 3.78. The molecule has 1 aromatic heterocycles. The zero-order valence-corrected chi connectivity index (χ0v) is 13.6. The molecule has 0 spiro atoms. The third-order valence-electron chi connectivity index (χ3n) is 5.79. The van der Waals surface area contributed by atoms with Gasteiger partial charge in [-0.25, -0.2) is 0 Å². The van der Waals surface area contributed by atoms with Crippen molar-refractivity contribution < 1.29 is 4.79 Å². The van der Waals surface area contributed by atoms with E-state index in [9.17, 15) is 4.79 Å². The van der Waals surface area contributed by atoms with Gasteiger partial charge in [-0.3, -0.25) is 4.79 Å². The second-order valence-corrected chi connectivity index (χ2v) is 8.25. The summed E-state index contributed by atoms with van der Waals surface area (Å²) in [7, 11) is 0. The van der Waals surface area contributed by atoms with E-state index >= 15 is 0 Å². The average Bonchev–Trinajstić information content (AvgIpc) is 2.97. The minimum absolute atomic E-state index is 0.318. The highest BCUT2D eigenvalue weighted by molar-refractivity contribution is 7.14. The molecule has 2 nitrogen and oxygen atoms in total. The topological polar surface area (TPSA) is 20.3 Å². The first-order chi connectivity index (χ1) is 10.3. The van der Waals surface area contributed by atoms with Crippen molar-refractivity contribution in [3.8, 4) is 0 Å². The van der Waals surface area contributed by atoms with Gasteiger partial charge in [0.15, 0.2) is 0 Å². The van der Waals surface area contributed by atoms with Crippen LogP contribution in [0.25, 0.3) is 0 Å². The molecule has 2 fully saturated rings. The zero-order chi connectivity index (χ0) is 14.2. The van der Waals surface area contributed by atoms with Gasteiger partial charge in [-0.1, -0.05) is 19.3 Å².